The second-order valence-electron chi connectivity index (χ2n) is 6.91. The Hall–Kier alpha value is -1.90. The van der Waals surface area contributed by atoms with Gasteiger partial charge in [-0.2, -0.15) is 0 Å². The fourth-order valence-corrected chi connectivity index (χ4v) is 4.30. The molecule has 1 N–H and O–H groups in total. The molecule has 0 spiro atoms. The second-order valence-corrected chi connectivity index (χ2v) is 9.96. The van der Waals surface area contributed by atoms with E-state index in [0.29, 0.717) is 26.2 Å². The van der Waals surface area contributed by atoms with E-state index in [4.69, 9.17) is 4.74 Å². The third kappa shape index (κ3) is 6.05. The maximum Gasteiger partial charge on any atom is 0.317 e. The minimum Gasteiger partial charge on any atom is -0.370 e. The highest BCUT2D eigenvalue weighted by atomic mass is 79.9. The molecule has 2 aromatic rings. The number of carbonyl (C=O) groups excluding carboxylic acids is 1. The molecule has 2 amide bonds. The van der Waals surface area contributed by atoms with Crippen molar-refractivity contribution in [2.24, 2.45) is 0 Å². The van der Waals surface area contributed by atoms with E-state index in [0.717, 1.165) is 21.2 Å². The van der Waals surface area contributed by atoms with Gasteiger partial charge >= 0.3 is 6.03 Å². The van der Waals surface area contributed by atoms with Gasteiger partial charge in [-0.05, 0) is 28.8 Å². The van der Waals surface area contributed by atoms with Crippen molar-refractivity contribution in [3.05, 3.63) is 69.7 Å². The first-order valence-corrected chi connectivity index (χ1v) is 11.8. The molecule has 6 nitrogen and oxygen atoms in total. The summed E-state index contributed by atoms with van der Waals surface area (Å²) >= 11 is 3.46. The summed E-state index contributed by atoms with van der Waals surface area (Å²) in [5.74, 6) is 0.0183. The van der Waals surface area contributed by atoms with Gasteiger partial charge in [0.25, 0.3) is 0 Å². The van der Waals surface area contributed by atoms with Crippen LogP contribution in [0, 0.1) is 0 Å². The van der Waals surface area contributed by atoms with Crippen molar-refractivity contribution in [3.8, 4) is 0 Å². The van der Waals surface area contributed by atoms with Gasteiger partial charge in [0.05, 0.1) is 18.9 Å². The molecule has 2 aromatic carbocycles. The third-order valence-electron chi connectivity index (χ3n) is 4.47. The Bertz CT molecular complexity index is 931. The zero-order valence-electron chi connectivity index (χ0n) is 15.6. The molecule has 1 unspecified atom stereocenters. The molecule has 1 aliphatic rings. The van der Waals surface area contributed by atoms with E-state index in [2.05, 4.69) is 21.2 Å². The van der Waals surface area contributed by atoms with Crippen molar-refractivity contribution in [3.63, 3.8) is 0 Å². The van der Waals surface area contributed by atoms with Gasteiger partial charge < -0.3 is 15.0 Å². The van der Waals surface area contributed by atoms with Crippen LogP contribution >= 0.6 is 15.9 Å². The van der Waals surface area contributed by atoms with Crippen LogP contribution in [-0.2, 0) is 26.9 Å². The standard InChI is InChI=1S/C20H23BrN2O4S/c1-28(25,26)14-16-7-5-15(6-8-16)12-22-20(24)23-9-10-27-19(13-23)17-3-2-4-18(21)11-17/h2-8,11,19H,9-10,12-14H2,1H3,(H,22,24). The first-order chi connectivity index (χ1) is 13.3. The SMILES string of the molecule is CS(=O)(=O)Cc1ccc(CNC(=O)N2CCOC(c3cccc(Br)c3)C2)cc1. The van der Waals surface area contributed by atoms with Crippen LogP contribution < -0.4 is 5.32 Å². The van der Waals surface area contributed by atoms with Crippen LogP contribution in [-0.4, -0.2) is 45.3 Å². The minimum absolute atomic E-state index is 0.0183. The maximum atomic E-state index is 12.5. The molecule has 0 radical (unpaired) electrons. The lowest BCUT2D eigenvalue weighted by atomic mass is 10.1. The number of amides is 2. The summed E-state index contributed by atoms with van der Waals surface area (Å²) < 4.78 is 29.5. The Balaban J connectivity index is 1.54. The van der Waals surface area contributed by atoms with Crippen molar-refractivity contribution in [1.82, 2.24) is 10.2 Å². The van der Waals surface area contributed by atoms with E-state index in [-0.39, 0.29) is 17.9 Å². The van der Waals surface area contributed by atoms with Gasteiger partial charge in [0.1, 0.15) is 6.10 Å². The number of ether oxygens (including phenoxy) is 1. The zero-order chi connectivity index (χ0) is 20.1. The largest absolute Gasteiger partial charge is 0.370 e. The number of sulfone groups is 1. The van der Waals surface area contributed by atoms with Crippen LogP contribution in [0.4, 0.5) is 4.79 Å². The summed E-state index contributed by atoms with van der Waals surface area (Å²) in [5, 5.41) is 2.92. The first kappa shape index (κ1) is 20.8. The normalized spacial score (nSPS) is 17.4. The molecule has 1 aliphatic heterocycles. The van der Waals surface area contributed by atoms with Crippen LogP contribution in [0.1, 0.15) is 22.8 Å². The molecule has 0 aliphatic carbocycles. The molecule has 150 valence electrons. The van der Waals surface area contributed by atoms with Crippen molar-refractivity contribution >= 4 is 31.8 Å². The number of nitrogens with zero attached hydrogens (tertiary/aromatic N) is 1. The van der Waals surface area contributed by atoms with E-state index in [1.54, 1.807) is 17.0 Å². The highest BCUT2D eigenvalue weighted by molar-refractivity contribution is 9.10. The number of carbonyl (C=O) groups is 1. The highest BCUT2D eigenvalue weighted by Crippen LogP contribution is 2.24. The number of halogens is 1. The number of rotatable bonds is 5. The molecule has 0 bridgehead atoms. The first-order valence-electron chi connectivity index (χ1n) is 8.95. The Morgan fingerprint density at radius 3 is 2.61 bits per heavy atom. The average Bonchev–Trinajstić information content (AvgIpc) is 2.66. The van der Waals surface area contributed by atoms with Crippen molar-refractivity contribution < 1.29 is 17.9 Å². The molecule has 1 fully saturated rings. The summed E-state index contributed by atoms with van der Waals surface area (Å²) in [4.78, 5) is 14.3. The number of benzene rings is 2. The Morgan fingerprint density at radius 2 is 1.93 bits per heavy atom. The molecule has 0 aromatic heterocycles. The predicted octanol–water partition coefficient (Wildman–Crippen LogP) is 3.28. The van der Waals surface area contributed by atoms with Crippen molar-refractivity contribution in [2.75, 3.05) is 26.0 Å². The van der Waals surface area contributed by atoms with Crippen LogP contribution in [0.25, 0.3) is 0 Å². The summed E-state index contributed by atoms with van der Waals surface area (Å²) in [5.41, 5.74) is 2.69. The van der Waals surface area contributed by atoms with Gasteiger partial charge in [-0.25, -0.2) is 13.2 Å². The average molecular weight is 467 g/mol. The zero-order valence-corrected chi connectivity index (χ0v) is 18.0. The summed E-state index contributed by atoms with van der Waals surface area (Å²) in [6.07, 6.45) is 1.07. The Kier molecular flexibility index (Phi) is 6.74. The predicted molar refractivity (Wildman–Crippen MR) is 112 cm³/mol. The van der Waals surface area contributed by atoms with E-state index in [9.17, 15) is 13.2 Å². The lowest BCUT2D eigenvalue weighted by Gasteiger charge is -2.33. The van der Waals surface area contributed by atoms with Gasteiger partial charge in [0, 0.05) is 23.8 Å². The smallest absolute Gasteiger partial charge is 0.317 e. The van der Waals surface area contributed by atoms with Gasteiger partial charge in [-0.1, -0.05) is 52.3 Å². The van der Waals surface area contributed by atoms with Gasteiger partial charge in [0.15, 0.2) is 9.84 Å². The number of hydrogen-bond acceptors (Lipinski definition) is 4. The molecule has 28 heavy (non-hydrogen) atoms. The lowest BCUT2D eigenvalue weighted by molar-refractivity contribution is -0.0155. The van der Waals surface area contributed by atoms with Gasteiger partial charge in [-0.15, -0.1) is 0 Å². The van der Waals surface area contributed by atoms with E-state index in [1.807, 2.05) is 36.4 Å². The molecular weight excluding hydrogens is 444 g/mol. The maximum absolute atomic E-state index is 12.5. The van der Waals surface area contributed by atoms with E-state index in [1.165, 1.54) is 6.26 Å². The Labute approximate surface area is 173 Å². The van der Waals surface area contributed by atoms with Crippen LogP contribution in [0.2, 0.25) is 0 Å². The van der Waals surface area contributed by atoms with E-state index < -0.39 is 9.84 Å². The number of hydrogen-bond donors (Lipinski definition) is 1. The number of morpholine rings is 1. The van der Waals surface area contributed by atoms with Gasteiger partial charge in [0.2, 0.25) is 0 Å². The molecular formula is C20H23BrN2O4S. The van der Waals surface area contributed by atoms with Crippen molar-refractivity contribution in [2.45, 2.75) is 18.4 Å². The summed E-state index contributed by atoms with van der Waals surface area (Å²) in [6.45, 7) is 1.92. The number of nitrogens with one attached hydrogen (secondary N) is 1. The fraction of sp³-hybridized carbons (Fsp3) is 0.350. The van der Waals surface area contributed by atoms with Crippen molar-refractivity contribution in [1.29, 1.82) is 0 Å². The van der Waals surface area contributed by atoms with Crippen LogP contribution in [0.5, 0.6) is 0 Å². The lowest BCUT2D eigenvalue weighted by Crippen LogP contribution is -2.46. The third-order valence-corrected chi connectivity index (χ3v) is 5.82. The van der Waals surface area contributed by atoms with E-state index >= 15 is 0 Å². The summed E-state index contributed by atoms with van der Waals surface area (Å²) in [7, 11) is -3.05. The molecule has 3 rings (SSSR count). The molecule has 1 saturated heterocycles. The molecule has 1 atom stereocenters. The second kappa shape index (κ2) is 9.07. The molecule has 0 saturated carbocycles. The quantitative estimate of drug-likeness (QED) is 0.733. The monoisotopic (exact) mass is 466 g/mol. The summed E-state index contributed by atoms with van der Waals surface area (Å²) in [6, 6.07) is 15.0. The molecule has 1 heterocycles. The molecule has 8 heteroatoms. The van der Waals surface area contributed by atoms with Crippen LogP contribution in [0.3, 0.4) is 0 Å². The fourth-order valence-electron chi connectivity index (χ4n) is 3.09. The number of urea groups is 1. The van der Waals surface area contributed by atoms with Gasteiger partial charge in [-0.3, -0.25) is 0 Å². The minimum atomic E-state index is -3.05. The Morgan fingerprint density at radius 1 is 1.21 bits per heavy atom. The van der Waals surface area contributed by atoms with Crippen LogP contribution in [0.15, 0.2) is 53.0 Å². The highest BCUT2D eigenvalue weighted by Gasteiger charge is 2.25. The topological polar surface area (TPSA) is 75.7 Å².